The van der Waals surface area contributed by atoms with Gasteiger partial charge in [0.1, 0.15) is 0 Å². The standard InChI is InChI=1S/C5H6BrNO3S/c1-7-11(8,9)5-4(6)2-3-10-5/h2-3,7H,1H3. The molecule has 0 aliphatic carbocycles. The Labute approximate surface area is 72.8 Å². The van der Waals surface area contributed by atoms with Gasteiger partial charge in [0, 0.05) is 0 Å². The Kier molecular flexibility index (Phi) is 2.36. The molecule has 0 atom stereocenters. The van der Waals surface area contributed by atoms with Crippen LogP contribution in [0.2, 0.25) is 0 Å². The summed E-state index contributed by atoms with van der Waals surface area (Å²) in [6, 6.07) is 1.52. The summed E-state index contributed by atoms with van der Waals surface area (Å²) in [5.41, 5.74) is 0. The highest BCUT2D eigenvalue weighted by molar-refractivity contribution is 9.10. The van der Waals surface area contributed by atoms with Crippen LogP contribution in [0.1, 0.15) is 0 Å². The summed E-state index contributed by atoms with van der Waals surface area (Å²) in [5.74, 6) is 0. The highest BCUT2D eigenvalue weighted by Crippen LogP contribution is 2.21. The number of hydrogen-bond acceptors (Lipinski definition) is 3. The van der Waals surface area contributed by atoms with Crippen molar-refractivity contribution in [3.05, 3.63) is 16.8 Å². The molecule has 1 heterocycles. The zero-order valence-electron chi connectivity index (χ0n) is 5.67. The Balaban J connectivity index is 3.22. The Bertz CT molecular complexity index is 342. The van der Waals surface area contributed by atoms with Crippen LogP contribution in [-0.2, 0) is 10.0 Å². The van der Waals surface area contributed by atoms with E-state index in [4.69, 9.17) is 4.42 Å². The molecule has 0 fully saturated rings. The van der Waals surface area contributed by atoms with E-state index in [-0.39, 0.29) is 5.09 Å². The third-order valence-corrected chi connectivity index (χ3v) is 3.33. The summed E-state index contributed by atoms with van der Waals surface area (Å²) in [6.07, 6.45) is 1.30. The predicted octanol–water partition coefficient (Wildman–Crippen LogP) is 0.950. The first kappa shape index (κ1) is 8.76. The number of furan rings is 1. The SMILES string of the molecule is CNS(=O)(=O)c1occc1Br. The second kappa shape index (κ2) is 2.96. The lowest BCUT2D eigenvalue weighted by Crippen LogP contribution is -2.18. The molecule has 0 amide bonds. The third kappa shape index (κ3) is 1.63. The number of halogens is 1. The predicted molar refractivity (Wildman–Crippen MR) is 42.7 cm³/mol. The Morgan fingerprint density at radius 2 is 2.27 bits per heavy atom. The molecule has 6 heteroatoms. The number of sulfonamides is 1. The van der Waals surface area contributed by atoms with Crippen molar-refractivity contribution >= 4 is 26.0 Å². The minimum absolute atomic E-state index is 0.0972. The van der Waals surface area contributed by atoms with Crippen molar-refractivity contribution in [3.63, 3.8) is 0 Å². The average molecular weight is 240 g/mol. The molecule has 0 aliphatic heterocycles. The molecule has 0 bridgehead atoms. The molecular formula is C5H6BrNO3S. The molecule has 0 aliphatic rings. The van der Waals surface area contributed by atoms with Crippen molar-refractivity contribution < 1.29 is 12.8 Å². The van der Waals surface area contributed by atoms with Crippen molar-refractivity contribution in [3.8, 4) is 0 Å². The zero-order valence-corrected chi connectivity index (χ0v) is 8.07. The van der Waals surface area contributed by atoms with Gasteiger partial charge in [-0.25, -0.2) is 13.1 Å². The van der Waals surface area contributed by atoms with Crippen LogP contribution in [0.4, 0.5) is 0 Å². The summed E-state index contributed by atoms with van der Waals surface area (Å²) < 4.78 is 29.4. The summed E-state index contributed by atoms with van der Waals surface area (Å²) in [6.45, 7) is 0. The minimum atomic E-state index is -3.45. The van der Waals surface area contributed by atoms with Crippen LogP contribution < -0.4 is 4.72 Å². The fourth-order valence-corrected chi connectivity index (χ4v) is 2.10. The molecule has 0 saturated carbocycles. The number of rotatable bonds is 2. The van der Waals surface area contributed by atoms with Gasteiger partial charge in [0.25, 0.3) is 10.0 Å². The summed E-state index contributed by atoms with van der Waals surface area (Å²) in [4.78, 5) is 0. The molecule has 1 N–H and O–H groups in total. The van der Waals surface area contributed by atoms with Gasteiger partial charge in [-0.2, -0.15) is 0 Å². The van der Waals surface area contributed by atoms with E-state index in [2.05, 4.69) is 20.7 Å². The van der Waals surface area contributed by atoms with Crippen molar-refractivity contribution in [1.82, 2.24) is 4.72 Å². The first-order valence-electron chi connectivity index (χ1n) is 2.74. The van der Waals surface area contributed by atoms with E-state index in [1.54, 1.807) is 0 Å². The molecule has 1 aromatic rings. The van der Waals surface area contributed by atoms with Gasteiger partial charge in [-0.1, -0.05) is 0 Å². The van der Waals surface area contributed by atoms with Crippen molar-refractivity contribution in [2.75, 3.05) is 7.05 Å². The lowest BCUT2D eigenvalue weighted by atomic mass is 10.7. The van der Waals surface area contributed by atoms with Crippen LogP contribution in [0.15, 0.2) is 26.3 Å². The van der Waals surface area contributed by atoms with Crippen LogP contribution in [0.25, 0.3) is 0 Å². The monoisotopic (exact) mass is 239 g/mol. The van der Waals surface area contributed by atoms with Gasteiger partial charge < -0.3 is 4.42 Å². The zero-order chi connectivity index (χ0) is 8.48. The van der Waals surface area contributed by atoms with Crippen molar-refractivity contribution in [2.24, 2.45) is 0 Å². The third-order valence-electron chi connectivity index (χ3n) is 1.10. The molecule has 62 valence electrons. The quantitative estimate of drug-likeness (QED) is 0.837. The molecule has 1 rings (SSSR count). The summed E-state index contributed by atoms with van der Waals surface area (Å²) in [5, 5.41) is -0.0972. The second-order valence-corrected chi connectivity index (χ2v) is 4.40. The van der Waals surface area contributed by atoms with E-state index in [0.29, 0.717) is 4.47 Å². The highest BCUT2D eigenvalue weighted by Gasteiger charge is 2.18. The van der Waals surface area contributed by atoms with Gasteiger partial charge in [0.15, 0.2) is 0 Å². The maximum atomic E-state index is 11.0. The average Bonchev–Trinajstić information content (AvgIpc) is 2.36. The summed E-state index contributed by atoms with van der Waals surface area (Å²) >= 11 is 3.03. The van der Waals surface area contributed by atoms with Gasteiger partial charge in [-0.05, 0) is 29.0 Å². The minimum Gasteiger partial charge on any atom is -0.451 e. The lowest BCUT2D eigenvalue weighted by Gasteiger charge is -1.96. The van der Waals surface area contributed by atoms with Crippen LogP contribution in [0.3, 0.4) is 0 Å². The molecule has 0 spiro atoms. The lowest BCUT2D eigenvalue weighted by molar-refractivity contribution is 0.444. The molecular weight excluding hydrogens is 234 g/mol. The Hall–Kier alpha value is -0.330. The van der Waals surface area contributed by atoms with Crippen LogP contribution in [0.5, 0.6) is 0 Å². The van der Waals surface area contributed by atoms with E-state index in [0.717, 1.165) is 0 Å². The topological polar surface area (TPSA) is 59.3 Å². The molecule has 11 heavy (non-hydrogen) atoms. The van der Waals surface area contributed by atoms with Gasteiger partial charge >= 0.3 is 0 Å². The Morgan fingerprint density at radius 1 is 1.64 bits per heavy atom. The molecule has 0 unspecified atom stereocenters. The van der Waals surface area contributed by atoms with Crippen molar-refractivity contribution in [1.29, 1.82) is 0 Å². The van der Waals surface area contributed by atoms with E-state index in [9.17, 15) is 8.42 Å². The van der Waals surface area contributed by atoms with E-state index < -0.39 is 10.0 Å². The Morgan fingerprint density at radius 3 is 2.64 bits per heavy atom. The number of hydrogen-bond donors (Lipinski definition) is 1. The molecule has 0 saturated heterocycles. The summed E-state index contributed by atoms with van der Waals surface area (Å²) in [7, 11) is -2.13. The van der Waals surface area contributed by atoms with E-state index >= 15 is 0 Å². The fraction of sp³-hybridized carbons (Fsp3) is 0.200. The fourth-order valence-electron chi connectivity index (χ4n) is 0.564. The van der Waals surface area contributed by atoms with Crippen LogP contribution in [-0.4, -0.2) is 15.5 Å². The normalized spacial score (nSPS) is 11.8. The second-order valence-electron chi connectivity index (χ2n) is 1.76. The largest absolute Gasteiger partial charge is 0.451 e. The first-order chi connectivity index (χ1) is 5.08. The van der Waals surface area contributed by atoms with Gasteiger partial charge in [0.05, 0.1) is 10.7 Å². The maximum absolute atomic E-state index is 11.0. The van der Waals surface area contributed by atoms with Crippen LogP contribution in [0, 0.1) is 0 Å². The highest BCUT2D eigenvalue weighted by atomic mass is 79.9. The molecule has 4 nitrogen and oxygen atoms in total. The number of nitrogens with one attached hydrogen (secondary N) is 1. The van der Waals surface area contributed by atoms with E-state index in [1.165, 1.54) is 19.4 Å². The smallest absolute Gasteiger partial charge is 0.274 e. The van der Waals surface area contributed by atoms with Crippen LogP contribution >= 0.6 is 15.9 Å². The maximum Gasteiger partial charge on any atom is 0.274 e. The van der Waals surface area contributed by atoms with E-state index in [1.807, 2.05) is 0 Å². The van der Waals surface area contributed by atoms with Gasteiger partial charge in [-0.15, -0.1) is 0 Å². The van der Waals surface area contributed by atoms with Gasteiger partial charge in [0.2, 0.25) is 5.09 Å². The molecule has 0 radical (unpaired) electrons. The molecule has 0 aromatic carbocycles. The van der Waals surface area contributed by atoms with Gasteiger partial charge in [-0.3, -0.25) is 0 Å². The first-order valence-corrected chi connectivity index (χ1v) is 5.02. The molecule has 1 aromatic heterocycles. The van der Waals surface area contributed by atoms with Crippen molar-refractivity contribution in [2.45, 2.75) is 5.09 Å².